The van der Waals surface area contributed by atoms with Crippen LogP contribution in [0.5, 0.6) is 17.2 Å². The van der Waals surface area contributed by atoms with Gasteiger partial charge in [0, 0.05) is 6.07 Å². The Morgan fingerprint density at radius 1 is 0.941 bits per heavy atom. The van der Waals surface area contributed by atoms with E-state index in [1.807, 2.05) is 19.1 Å². The van der Waals surface area contributed by atoms with Crippen molar-refractivity contribution >= 4 is 29.5 Å². The van der Waals surface area contributed by atoms with Crippen LogP contribution in [0.15, 0.2) is 60.7 Å². The average Bonchev–Trinajstić information content (AvgIpc) is 2.81. The number of hydrogen-bond acceptors (Lipinski definition) is 8. The molecule has 0 bridgehead atoms. The summed E-state index contributed by atoms with van der Waals surface area (Å²) >= 11 is 0. The summed E-state index contributed by atoms with van der Waals surface area (Å²) in [6.07, 6.45) is 3.03. The third-order valence-electron chi connectivity index (χ3n) is 4.63. The number of nitro benzene ring substituents is 2. The Morgan fingerprint density at radius 3 is 2.41 bits per heavy atom. The molecule has 0 aliphatic carbocycles. The van der Waals surface area contributed by atoms with Gasteiger partial charge in [0.25, 0.3) is 11.4 Å². The first kappa shape index (κ1) is 23.9. The molecule has 3 rings (SSSR count). The zero-order valence-electron chi connectivity index (χ0n) is 18.3. The van der Waals surface area contributed by atoms with Crippen LogP contribution >= 0.6 is 0 Å². The molecule has 0 atom stereocenters. The highest BCUT2D eigenvalue weighted by Gasteiger charge is 2.18. The maximum absolute atomic E-state index is 12.2. The van der Waals surface area contributed by atoms with Crippen LogP contribution in [-0.4, -0.2) is 29.5 Å². The molecule has 0 saturated carbocycles. The summed E-state index contributed by atoms with van der Waals surface area (Å²) in [5.41, 5.74) is 1.02. The summed E-state index contributed by atoms with van der Waals surface area (Å²) in [5, 5.41) is 22.2. The van der Waals surface area contributed by atoms with Crippen molar-refractivity contribution in [2.45, 2.75) is 6.92 Å². The molecule has 10 nitrogen and oxygen atoms in total. The molecular formula is C24H20N2O8. The largest absolute Gasteiger partial charge is 0.493 e. The van der Waals surface area contributed by atoms with Crippen LogP contribution in [0.3, 0.4) is 0 Å². The van der Waals surface area contributed by atoms with E-state index >= 15 is 0 Å². The lowest BCUT2D eigenvalue weighted by molar-refractivity contribution is -0.394. The smallest absolute Gasteiger partial charge is 0.349 e. The first-order valence-corrected chi connectivity index (χ1v) is 9.96. The van der Waals surface area contributed by atoms with Crippen LogP contribution in [0.1, 0.15) is 16.7 Å². The van der Waals surface area contributed by atoms with Gasteiger partial charge in [-0.05, 0) is 54.5 Å². The minimum Gasteiger partial charge on any atom is -0.493 e. The van der Waals surface area contributed by atoms with Crippen molar-refractivity contribution in [1.29, 1.82) is 0 Å². The van der Waals surface area contributed by atoms with E-state index in [1.165, 1.54) is 31.4 Å². The van der Waals surface area contributed by atoms with Gasteiger partial charge in [-0.25, -0.2) is 4.79 Å². The van der Waals surface area contributed by atoms with Gasteiger partial charge < -0.3 is 14.2 Å². The zero-order chi connectivity index (χ0) is 24.7. The molecule has 10 heteroatoms. The maximum atomic E-state index is 12.2. The van der Waals surface area contributed by atoms with Crippen LogP contribution in [0.4, 0.5) is 11.4 Å². The van der Waals surface area contributed by atoms with E-state index in [9.17, 15) is 25.0 Å². The molecular weight excluding hydrogens is 444 g/mol. The van der Waals surface area contributed by atoms with Crippen LogP contribution in [-0.2, 0) is 4.79 Å². The van der Waals surface area contributed by atoms with E-state index in [0.717, 1.165) is 11.6 Å². The second kappa shape index (κ2) is 10.7. The Kier molecular flexibility index (Phi) is 7.55. The number of hydrogen-bond donors (Lipinski definition) is 0. The molecule has 0 aliphatic heterocycles. The zero-order valence-corrected chi connectivity index (χ0v) is 18.3. The van der Waals surface area contributed by atoms with Gasteiger partial charge in [0.1, 0.15) is 5.75 Å². The average molecular weight is 464 g/mol. The van der Waals surface area contributed by atoms with Gasteiger partial charge in [-0.15, -0.1) is 0 Å². The summed E-state index contributed by atoms with van der Waals surface area (Å²) < 4.78 is 16.0. The van der Waals surface area contributed by atoms with Gasteiger partial charge in [-0.1, -0.05) is 24.3 Å². The normalized spacial score (nSPS) is 10.6. The number of nitro groups is 2. The molecule has 0 aliphatic rings. The highest BCUT2D eigenvalue weighted by atomic mass is 16.6. The number of non-ortho nitro benzene ring substituents is 1. The lowest BCUT2D eigenvalue weighted by Crippen LogP contribution is -2.18. The molecule has 0 N–H and O–H groups in total. The molecule has 0 aromatic heterocycles. The molecule has 0 saturated heterocycles. The maximum Gasteiger partial charge on any atom is 0.349 e. The number of carbonyl (C=O) groups excluding carboxylic acids is 1. The van der Waals surface area contributed by atoms with E-state index in [-0.39, 0.29) is 29.4 Å². The minimum atomic E-state index is -0.697. The quantitative estimate of drug-likeness (QED) is 0.142. The predicted molar refractivity (Wildman–Crippen MR) is 124 cm³/mol. The first-order chi connectivity index (χ1) is 16.3. The Balaban J connectivity index is 1.72. The Hall–Kier alpha value is -4.73. The fourth-order valence-electron chi connectivity index (χ4n) is 3.00. The fraction of sp³-hybridized carbons (Fsp3) is 0.125. The minimum absolute atomic E-state index is 0.179. The third-order valence-corrected chi connectivity index (χ3v) is 4.63. The van der Waals surface area contributed by atoms with Gasteiger partial charge in [0.05, 0.1) is 28.6 Å². The van der Waals surface area contributed by atoms with Gasteiger partial charge in [0.15, 0.2) is 18.1 Å². The molecule has 3 aromatic rings. The van der Waals surface area contributed by atoms with E-state index in [1.54, 1.807) is 30.3 Å². The Morgan fingerprint density at radius 2 is 1.74 bits per heavy atom. The van der Waals surface area contributed by atoms with Crippen LogP contribution in [0.25, 0.3) is 12.2 Å². The molecule has 174 valence electrons. The van der Waals surface area contributed by atoms with Crippen molar-refractivity contribution in [2.24, 2.45) is 0 Å². The highest BCUT2D eigenvalue weighted by Crippen LogP contribution is 2.30. The van der Waals surface area contributed by atoms with Crippen molar-refractivity contribution in [3.63, 3.8) is 0 Å². The summed E-state index contributed by atoms with van der Waals surface area (Å²) in [4.78, 5) is 33.0. The van der Waals surface area contributed by atoms with E-state index < -0.39 is 21.5 Å². The van der Waals surface area contributed by atoms with Gasteiger partial charge >= 0.3 is 5.97 Å². The Bertz CT molecular complexity index is 1270. The monoisotopic (exact) mass is 464 g/mol. The number of nitrogens with zero attached hydrogens (tertiary/aromatic N) is 2. The van der Waals surface area contributed by atoms with E-state index in [0.29, 0.717) is 11.3 Å². The number of carbonyl (C=O) groups is 1. The summed E-state index contributed by atoms with van der Waals surface area (Å²) in [6, 6.07) is 15.4. The molecule has 0 spiro atoms. The number of benzene rings is 3. The SMILES string of the molecule is COc1cc(/C=C/c2ccc([N+](=O)[O-])cc2[N+](=O)[O-])ccc1OC(=O)COc1cccc(C)c1. The van der Waals surface area contributed by atoms with Gasteiger partial charge in [-0.3, -0.25) is 20.2 Å². The second-order valence-electron chi connectivity index (χ2n) is 7.08. The molecule has 0 heterocycles. The van der Waals surface area contributed by atoms with Crippen molar-refractivity contribution in [2.75, 3.05) is 13.7 Å². The van der Waals surface area contributed by atoms with Crippen molar-refractivity contribution in [3.05, 3.63) is 97.6 Å². The molecule has 34 heavy (non-hydrogen) atoms. The summed E-state index contributed by atoms with van der Waals surface area (Å²) in [6.45, 7) is 1.62. The number of aryl methyl sites for hydroxylation is 1. The highest BCUT2D eigenvalue weighted by molar-refractivity contribution is 5.77. The molecule has 0 unspecified atom stereocenters. The van der Waals surface area contributed by atoms with E-state index in [2.05, 4.69) is 0 Å². The van der Waals surface area contributed by atoms with E-state index in [4.69, 9.17) is 14.2 Å². The van der Waals surface area contributed by atoms with Crippen LogP contribution < -0.4 is 14.2 Å². The number of rotatable bonds is 9. The number of esters is 1. The van der Waals surface area contributed by atoms with Gasteiger partial charge in [-0.2, -0.15) is 0 Å². The third kappa shape index (κ3) is 6.16. The predicted octanol–water partition coefficient (Wildman–Crippen LogP) is 4.97. The lowest BCUT2D eigenvalue weighted by atomic mass is 10.1. The Labute approximate surface area is 194 Å². The number of methoxy groups -OCH3 is 1. The van der Waals surface area contributed by atoms with Crippen molar-refractivity contribution < 1.29 is 28.9 Å². The summed E-state index contributed by atoms with van der Waals surface area (Å²) in [7, 11) is 1.41. The van der Waals surface area contributed by atoms with Crippen LogP contribution in [0.2, 0.25) is 0 Å². The van der Waals surface area contributed by atoms with Gasteiger partial charge in [0.2, 0.25) is 0 Å². The fourth-order valence-corrected chi connectivity index (χ4v) is 3.00. The first-order valence-electron chi connectivity index (χ1n) is 9.96. The molecule has 0 fully saturated rings. The second-order valence-corrected chi connectivity index (χ2v) is 7.08. The molecule has 0 radical (unpaired) electrons. The van der Waals surface area contributed by atoms with Crippen molar-refractivity contribution in [1.82, 2.24) is 0 Å². The molecule has 0 amide bonds. The molecule has 3 aromatic carbocycles. The standard InChI is InChI=1S/C24H20N2O8/c1-16-4-3-5-20(12-16)33-15-24(27)34-22-11-7-17(13-23(22)32-2)6-8-18-9-10-19(25(28)29)14-21(18)26(30)31/h3-14H,15H2,1-2H3/b8-6+. The lowest BCUT2D eigenvalue weighted by Gasteiger charge is -2.11. The number of ether oxygens (including phenoxy) is 3. The van der Waals surface area contributed by atoms with Crippen LogP contribution in [0, 0.1) is 27.2 Å². The topological polar surface area (TPSA) is 131 Å². The summed E-state index contributed by atoms with van der Waals surface area (Å²) in [5.74, 6) is 0.373. The van der Waals surface area contributed by atoms with Crippen molar-refractivity contribution in [3.8, 4) is 17.2 Å².